The second-order valence-corrected chi connectivity index (χ2v) is 5.95. The largest absolute Gasteiger partial charge is 0.269 e. The third kappa shape index (κ3) is 2.75. The van der Waals surface area contributed by atoms with E-state index in [1.54, 1.807) is 10.6 Å². The molecular weight excluding hydrogens is 236 g/mol. The monoisotopic (exact) mass is 256 g/mol. The van der Waals surface area contributed by atoms with Crippen molar-refractivity contribution < 1.29 is 0 Å². The van der Waals surface area contributed by atoms with Crippen molar-refractivity contribution in [2.45, 2.75) is 40.0 Å². The second kappa shape index (κ2) is 4.65. The van der Waals surface area contributed by atoms with E-state index in [1.807, 2.05) is 38.1 Å². The van der Waals surface area contributed by atoms with Gasteiger partial charge in [-0.05, 0) is 26.0 Å². The number of nitrogens with zero attached hydrogens (tertiary/aromatic N) is 2. The van der Waals surface area contributed by atoms with Crippen LogP contribution in [0, 0.1) is 13.8 Å². The van der Waals surface area contributed by atoms with Crippen LogP contribution in [0.25, 0.3) is 5.69 Å². The molecule has 0 radical (unpaired) electrons. The highest BCUT2D eigenvalue weighted by molar-refractivity contribution is 5.35. The van der Waals surface area contributed by atoms with Crippen LogP contribution in [-0.2, 0) is 5.41 Å². The molecule has 0 aliphatic rings. The predicted molar refractivity (Wildman–Crippen MR) is 78.0 cm³/mol. The van der Waals surface area contributed by atoms with Crippen LogP contribution in [0.3, 0.4) is 0 Å². The summed E-state index contributed by atoms with van der Waals surface area (Å²) in [6.45, 7) is 10.1. The summed E-state index contributed by atoms with van der Waals surface area (Å²) in [5, 5.41) is 0. The molecule has 0 N–H and O–H groups in total. The number of benzene rings is 1. The normalized spacial score (nSPS) is 11.6. The molecular formula is C16H20N2O. The van der Waals surface area contributed by atoms with Crippen LogP contribution in [0.2, 0.25) is 0 Å². The molecule has 0 saturated carbocycles. The minimum Gasteiger partial charge on any atom is -0.269 e. The van der Waals surface area contributed by atoms with Crippen molar-refractivity contribution in [1.29, 1.82) is 0 Å². The molecule has 1 aromatic carbocycles. The maximum absolute atomic E-state index is 12.3. The predicted octanol–water partition coefficient (Wildman–Crippen LogP) is 3.15. The Balaban J connectivity index is 2.60. The van der Waals surface area contributed by atoms with Gasteiger partial charge in [0.2, 0.25) is 0 Å². The highest BCUT2D eigenvalue weighted by Crippen LogP contribution is 2.19. The molecule has 3 heteroatoms. The summed E-state index contributed by atoms with van der Waals surface area (Å²) in [6.07, 6.45) is 0. The van der Waals surface area contributed by atoms with Gasteiger partial charge in [0.25, 0.3) is 5.56 Å². The summed E-state index contributed by atoms with van der Waals surface area (Å²) in [6, 6.07) is 9.52. The third-order valence-corrected chi connectivity index (χ3v) is 3.15. The molecule has 0 amide bonds. The third-order valence-electron chi connectivity index (χ3n) is 3.15. The number of hydrogen-bond donors (Lipinski definition) is 0. The van der Waals surface area contributed by atoms with E-state index in [0.717, 1.165) is 17.2 Å². The molecule has 100 valence electrons. The highest BCUT2D eigenvalue weighted by Gasteiger charge is 2.18. The standard InChI is InChI=1S/C16H20N2O/c1-11-6-8-13(9-7-11)18-12(2)17-14(10-15(18)19)16(3,4)5/h6-10H,1-5H3. The quantitative estimate of drug-likeness (QED) is 0.785. The number of hydrogen-bond acceptors (Lipinski definition) is 2. The van der Waals surface area contributed by atoms with Gasteiger partial charge in [-0.15, -0.1) is 0 Å². The summed E-state index contributed by atoms with van der Waals surface area (Å²) in [4.78, 5) is 16.9. The molecule has 0 aliphatic heterocycles. The smallest absolute Gasteiger partial charge is 0.258 e. The summed E-state index contributed by atoms with van der Waals surface area (Å²) in [7, 11) is 0. The van der Waals surface area contributed by atoms with Gasteiger partial charge in [0.1, 0.15) is 5.82 Å². The molecule has 2 aromatic rings. The summed E-state index contributed by atoms with van der Waals surface area (Å²) >= 11 is 0. The van der Waals surface area contributed by atoms with Crippen LogP contribution in [0.1, 0.15) is 37.9 Å². The van der Waals surface area contributed by atoms with E-state index in [2.05, 4.69) is 25.8 Å². The second-order valence-electron chi connectivity index (χ2n) is 5.95. The van der Waals surface area contributed by atoms with Gasteiger partial charge in [-0.1, -0.05) is 38.5 Å². The Kier molecular flexibility index (Phi) is 3.31. The van der Waals surface area contributed by atoms with E-state index < -0.39 is 0 Å². The topological polar surface area (TPSA) is 34.9 Å². The minimum atomic E-state index is -0.115. The lowest BCUT2D eigenvalue weighted by Crippen LogP contribution is -2.26. The Hall–Kier alpha value is -1.90. The van der Waals surface area contributed by atoms with Crippen LogP contribution in [-0.4, -0.2) is 9.55 Å². The Morgan fingerprint density at radius 1 is 1.05 bits per heavy atom. The Labute approximate surface area is 113 Å². The molecule has 1 aromatic heterocycles. The van der Waals surface area contributed by atoms with E-state index in [-0.39, 0.29) is 11.0 Å². The van der Waals surface area contributed by atoms with Crippen molar-refractivity contribution in [2.75, 3.05) is 0 Å². The van der Waals surface area contributed by atoms with Gasteiger partial charge >= 0.3 is 0 Å². The maximum Gasteiger partial charge on any atom is 0.258 e. The first-order chi connectivity index (χ1) is 8.79. The number of rotatable bonds is 1. The van der Waals surface area contributed by atoms with Crippen LogP contribution in [0.4, 0.5) is 0 Å². The molecule has 0 saturated heterocycles. The van der Waals surface area contributed by atoms with Crippen molar-refractivity contribution in [2.24, 2.45) is 0 Å². The van der Waals surface area contributed by atoms with Crippen molar-refractivity contribution in [3.63, 3.8) is 0 Å². The summed E-state index contributed by atoms with van der Waals surface area (Å²) in [5.74, 6) is 0.723. The van der Waals surface area contributed by atoms with Gasteiger partial charge < -0.3 is 0 Å². The molecule has 0 bridgehead atoms. The molecule has 1 heterocycles. The molecule has 0 aliphatic carbocycles. The van der Waals surface area contributed by atoms with Crippen LogP contribution in [0.15, 0.2) is 35.1 Å². The van der Waals surface area contributed by atoms with Crippen LogP contribution < -0.4 is 5.56 Å². The molecule has 19 heavy (non-hydrogen) atoms. The Morgan fingerprint density at radius 3 is 2.11 bits per heavy atom. The summed E-state index contributed by atoms with van der Waals surface area (Å²) < 4.78 is 1.65. The average Bonchev–Trinajstić information content (AvgIpc) is 2.29. The van der Waals surface area contributed by atoms with E-state index in [1.165, 1.54) is 5.56 Å². The molecule has 2 rings (SSSR count). The highest BCUT2D eigenvalue weighted by atomic mass is 16.1. The average molecular weight is 256 g/mol. The van der Waals surface area contributed by atoms with Crippen LogP contribution >= 0.6 is 0 Å². The lowest BCUT2D eigenvalue weighted by molar-refractivity contribution is 0.559. The molecule has 0 spiro atoms. The first-order valence-electron chi connectivity index (χ1n) is 6.47. The fourth-order valence-corrected chi connectivity index (χ4v) is 1.99. The van der Waals surface area contributed by atoms with Gasteiger partial charge in [-0.3, -0.25) is 9.36 Å². The zero-order valence-electron chi connectivity index (χ0n) is 12.2. The van der Waals surface area contributed by atoms with Crippen molar-refractivity contribution in [3.05, 3.63) is 57.8 Å². The minimum absolute atomic E-state index is 0.0266. The van der Waals surface area contributed by atoms with Gasteiger partial charge in [-0.2, -0.15) is 0 Å². The van der Waals surface area contributed by atoms with Crippen molar-refractivity contribution in [3.8, 4) is 5.69 Å². The fraction of sp³-hybridized carbons (Fsp3) is 0.375. The van der Waals surface area contributed by atoms with Crippen molar-refractivity contribution >= 4 is 0 Å². The fourth-order valence-electron chi connectivity index (χ4n) is 1.99. The number of aromatic nitrogens is 2. The lowest BCUT2D eigenvalue weighted by atomic mass is 9.92. The molecule has 3 nitrogen and oxygen atoms in total. The van der Waals surface area contributed by atoms with Gasteiger partial charge in [-0.25, -0.2) is 4.98 Å². The molecule has 0 fully saturated rings. The van der Waals surface area contributed by atoms with Gasteiger partial charge in [0, 0.05) is 11.5 Å². The Bertz CT molecular complexity index is 646. The summed E-state index contributed by atoms with van der Waals surface area (Å²) in [5.41, 5.74) is 2.73. The number of aryl methyl sites for hydroxylation is 2. The lowest BCUT2D eigenvalue weighted by Gasteiger charge is -2.19. The van der Waals surface area contributed by atoms with E-state index in [0.29, 0.717) is 0 Å². The Morgan fingerprint density at radius 2 is 1.63 bits per heavy atom. The van der Waals surface area contributed by atoms with Crippen molar-refractivity contribution in [1.82, 2.24) is 9.55 Å². The maximum atomic E-state index is 12.3. The first-order valence-corrected chi connectivity index (χ1v) is 6.47. The molecule has 0 atom stereocenters. The SMILES string of the molecule is Cc1ccc(-n2c(C)nc(C(C)(C)C)cc2=O)cc1. The zero-order chi connectivity index (χ0) is 14.2. The zero-order valence-corrected chi connectivity index (χ0v) is 12.2. The molecule has 0 unspecified atom stereocenters. The van der Waals surface area contributed by atoms with Gasteiger partial charge in [0.05, 0.1) is 11.4 Å². The van der Waals surface area contributed by atoms with E-state index >= 15 is 0 Å². The van der Waals surface area contributed by atoms with Crippen LogP contribution in [0.5, 0.6) is 0 Å². The van der Waals surface area contributed by atoms with E-state index in [9.17, 15) is 4.79 Å². The van der Waals surface area contributed by atoms with Gasteiger partial charge in [0.15, 0.2) is 0 Å². The first kappa shape index (κ1) is 13.5. The van der Waals surface area contributed by atoms with E-state index in [4.69, 9.17) is 0 Å².